The summed E-state index contributed by atoms with van der Waals surface area (Å²) in [5.41, 5.74) is 8.45. The number of nitrogens with two attached hydrogens (primary N) is 1. The number of morpholine rings is 1. The van der Waals surface area contributed by atoms with E-state index in [1.54, 1.807) is 0 Å². The van der Waals surface area contributed by atoms with Gasteiger partial charge in [0.1, 0.15) is 6.07 Å². The first-order valence-electron chi connectivity index (χ1n) is 7.61. The number of benzene rings is 1. The van der Waals surface area contributed by atoms with Crippen LogP contribution < -0.4 is 10.6 Å². The van der Waals surface area contributed by atoms with Crippen LogP contribution in [0, 0.1) is 11.3 Å². The summed E-state index contributed by atoms with van der Waals surface area (Å²) in [5, 5.41) is 9.37. The molecule has 2 saturated heterocycles. The van der Waals surface area contributed by atoms with Crippen molar-refractivity contribution in [2.45, 2.75) is 19.0 Å². The van der Waals surface area contributed by atoms with Gasteiger partial charge in [0.25, 0.3) is 0 Å². The second-order valence-electron chi connectivity index (χ2n) is 5.70. The third-order valence-corrected chi connectivity index (χ3v) is 4.48. The lowest BCUT2D eigenvalue weighted by atomic mass is 10.1. The Labute approximate surface area is 125 Å². The molecule has 0 radical (unpaired) electrons. The topological polar surface area (TPSA) is 65.5 Å². The highest BCUT2D eigenvalue weighted by molar-refractivity contribution is 5.61. The van der Waals surface area contributed by atoms with E-state index in [0.29, 0.717) is 12.6 Å². The molecule has 0 bridgehead atoms. The number of anilines is 1. The Morgan fingerprint density at radius 3 is 2.81 bits per heavy atom. The first kappa shape index (κ1) is 14.3. The zero-order valence-electron chi connectivity index (χ0n) is 12.3. The average Bonchev–Trinajstić information content (AvgIpc) is 3.04. The van der Waals surface area contributed by atoms with E-state index in [2.05, 4.69) is 15.9 Å². The van der Waals surface area contributed by atoms with Crippen LogP contribution in [0.1, 0.15) is 17.5 Å². The van der Waals surface area contributed by atoms with Crippen LogP contribution in [0.3, 0.4) is 0 Å². The molecule has 0 amide bonds. The number of hydrogen-bond acceptors (Lipinski definition) is 5. The van der Waals surface area contributed by atoms with Crippen molar-refractivity contribution in [3.05, 3.63) is 29.3 Å². The predicted molar refractivity (Wildman–Crippen MR) is 82.1 cm³/mol. The molecule has 1 unspecified atom stereocenters. The van der Waals surface area contributed by atoms with E-state index in [4.69, 9.17) is 10.5 Å². The van der Waals surface area contributed by atoms with Crippen LogP contribution in [-0.2, 0) is 11.3 Å². The molecule has 2 heterocycles. The summed E-state index contributed by atoms with van der Waals surface area (Å²) in [6.07, 6.45) is 1.16. The maximum atomic E-state index is 9.37. The number of rotatable bonds is 3. The maximum Gasteiger partial charge on any atom is 0.101 e. The smallest absolute Gasteiger partial charge is 0.101 e. The molecule has 0 aromatic heterocycles. The SMILES string of the molecule is N#Cc1cc(CN)ccc1N1CCC(N2CCOCC2)C1. The van der Waals surface area contributed by atoms with Crippen molar-refractivity contribution in [3.8, 4) is 6.07 Å². The third kappa shape index (κ3) is 3.03. The van der Waals surface area contributed by atoms with Gasteiger partial charge < -0.3 is 15.4 Å². The molecule has 3 rings (SSSR count). The number of ether oxygens (including phenoxy) is 1. The molecule has 0 aliphatic carbocycles. The second-order valence-corrected chi connectivity index (χ2v) is 5.70. The maximum absolute atomic E-state index is 9.37. The minimum atomic E-state index is 0.478. The van der Waals surface area contributed by atoms with Gasteiger partial charge >= 0.3 is 0 Å². The monoisotopic (exact) mass is 286 g/mol. The third-order valence-electron chi connectivity index (χ3n) is 4.48. The normalized spacial score (nSPS) is 23.2. The summed E-state index contributed by atoms with van der Waals surface area (Å²) >= 11 is 0. The van der Waals surface area contributed by atoms with Gasteiger partial charge in [0.05, 0.1) is 24.5 Å². The van der Waals surface area contributed by atoms with Crippen LogP contribution in [0.25, 0.3) is 0 Å². The van der Waals surface area contributed by atoms with E-state index < -0.39 is 0 Å². The molecule has 0 saturated carbocycles. The summed E-state index contributed by atoms with van der Waals surface area (Å²) in [6.45, 7) is 6.21. The highest BCUT2D eigenvalue weighted by atomic mass is 16.5. The largest absolute Gasteiger partial charge is 0.379 e. The van der Waals surface area contributed by atoms with E-state index in [0.717, 1.165) is 62.6 Å². The quantitative estimate of drug-likeness (QED) is 0.895. The molecular formula is C16H22N4O. The second kappa shape index (κ2) is 6.44. The molecule has 2 aliphatic heterocycles. The standard InChI is InChI=1S/C16H22N4O/c17-10-13-1-2-16(14(9-13)11-18)20-4-3-15(12-20)19-5-7-21-8-6-19/h1-2,9,15H,3-8,10,12,17H2. The number of hydrogen-bond donors (Lipinski definition) is 1. The van der Waals surface area contributed by atoms with Gasteiger partial charge in [-0.25, -0.2) is 0 Å². The number of nitrogens with zero attached hydrogens (tertiary/aromatic N) is 3. The van der Waals surface area contributed by atoms with Crippen LogP contribution in [0.4, 0.5) is 5.69 Å². The fraction of sp³-hybridized carbons (Fsp3) is 0.562. The summed E-state index contributed by atoms with van der Waals surface area (Å²) in [7, 11) is 0. The zero-order chi connectivity index (χ0) is 14.7. The van der Waals surface area contributed by atoms with Gasteiger partial charge in [-0.1, -0.05) is 6.07 Å². The Bertz CT molecular complexity index is 534. The lowest BCUT2D eigenvalue weighted by Gasteiger charge is -2.32. The average molecular weight is 286 g/mol. The minimum absolute atomic E-state index is 0.478. The first-order chi connectivity index (χ1) is 10.3. The summed E-state index contributed by atoms with van der Waals surface area (Å²) < 4.78 is 5.42. The van der Waals surface area contributed by atoms with Crippen molar-refractivity contribution in [1.29, 1.82) is 5.26 Å². The lowest BCUT2D eigenvalue weighted by Crippen LogP contribution is -2.44. The molecule has 2 fully saturated rings. The Morgan fingerprint density at radius 2 is 2.10 bits per heavy atom. The van der Waals surface area contributed by atoms with E-state index in [1.165, 1.54) is 0 Å². The summed E-state index contributed by atoms with van der Waals surface area (Å²) in [6, 6.07) is 8.87. The molecular weight excluding hydrogens is 264 g/mol. The highest BCUT2D eigenvalue weighted by Gasteiger charge is 2.29. The van der Waals surface area contributed by atoms with E-state index in [1.807, 2.05) is 18.2 Å². The van der Waals surface area contributed by atoms with Crippen molar-refractivity contribution in [1.82, 2.24) is 4.90 Å². The molecule has 5 heteroatoms. The minimum Gasteiger partial charge on any atom is -0.379 e. The van der Waals surface area contributed by atoms with Crippen molar-refractivity contribution < 1.29 is 4.74 Å². The molecule has 2 aliphatic rings. The van der Waals surface area contributed by atoms with E-state index >= 15 is 0 Å². The molecule has 1 atom stereocenters. The van der Waals surface area contributed by atoms with Gasteiger partial charge in [0.15, 0.2) is 0 Å². The molecule has 1 aromatic rings. The molecule has 1 aromatic carbocycles. The Balaban J connectivity index is 1.72. The fourth-order valence-electron chi connectivity index (χ4n) is 3.28. The van der Waals surface area contributed by atoms with E-state index in [-0.39, 0.29) is 0 Å². The van der Waals surface area contributed by atoms with Crippen LogP contribution in [-0.4, -0.2) is 50.3 Å². The van der Waals surface area contributed by atoms with Gasteiger partial charge in [-0.05, 0) is 24.1 Å². The molecule has 2 N–H and O–H groups in total. The Hall–Kier alpha value is -1.61. The van der Waals surface area contributed by atoms with Crippen molar-refractivity contribution >= 4 is 5.69 Å². The van der Waals surface area contributed by atoms with Crippen LogP contribution >= 0.6 is 0 Å². The highest BCUT2D eigenvalue weighted by Crippen LogP contribution is 2.27. The van der Waals surface area contributed by atoms with Gasteiger partial charge in [-0.3, -0.25) is 4.90 Å². The number of nitriles is 1. The molecule has 21 heavy (non-hydrogen) atoms. The summed E-state index contributed by atoms with van der Waals surface area (Å²) in [4.78, 5) is 4.85. The Morgan fingerprint density at radius 1 is 1.29 bits per heavy atom. The Kier molecular flexibility index (Phi) is 4.39. The van der Waals surface area contributed by atoms with Crippen molar-refractivity contribution in [2.24, 2.45) is 5.73 Å². The van der Waals surface area contributed by atoms with Gasteiger partial charge in [0, 0.05) is 38.8 Å². The first-order valence-corrected chi connectivity index (χ1v) is 7.61. The van der Waals surface area contributed by atoms with Crippen molar-refractivity contribution in [2.75, 3.05) is 44.3 Å². The summed E-state index contributed by atoms with van der Waals surface area (Å²) in [5.74, 6) is 0. The van der Waals surface area contributed by atoms with Crippen LogP contribution in [0.5, 0.6) is 0 Å². The van der Waals surface area contributed by atoms with Crippen molar-refractivity contribution in [3.63, 3.8) is 0 Å². The van der Waals surface area contributed by atoms with Gasteiger partial charge in [-0.15, -0.1) is 0 Å². The van der Waals surface area contributed by atoms with Crippen LogP contribution in [0.15, 0.2) is 18.2 Å². The molecule has 112 valence electrons. The van der Waals surface area contributed by atoms with Crippen LogP contribution in [0.2, 0.25) is 0 Å². The zero-order valence-corrected chi connectivity index (χ0v) is 12.3. The van der Waals surface area contributed by atoms with Gasteiger partial charge in [-0.2, -0.15) is 5.26 Å². The van der Waals surface area contributed by atoms with E-state index in [9.17, 15) is 5.26 Å². The molecule has 0 spiro atoms. The predicted octanol–water partition coefficient (Wildman–Crippen LogP) is 0.928. The lowest BCUT2D eigenvalue weighted by molar-refractivity contribution is 0.0209. The fourth-order valence-corrected chi connectivity index (χ4v) is 3.28. The van der Waals surface area contributed by atoms with Gasteiger partial charge in [0.2, 0.25) is 0 Å². The molecule has 5 nitrogen and oxygen atoms in total.